The molecule has 2 amide bonds. The van der Waals surface area contributed by atoms with Crippen molar-refractivity contribution in [1.82, 2.24) is 14.5 Å². The molecule has 5 rings (SSSR count). The van der Waals surface area contributed by atoms with Gasteiger partial charge >= 0.3 is 0 Å². The van der Waals surface area contributed by atoms with Crippen LogP contribution < -0.4 is 5.56 Å². The summed E-state index contributed by atoms with van der Waals surface area (Å²) in [7, 11) is 0. The summed E-state index contributed by atoms with van der Waals surface area (Å²) in [6.45, 7) is 2.88. The summed E-state index contributed by atoms with van der Waals surface area (Å²) in [6, 6.07) is 5.26. The van der Waals surface area contributed by atoms with Crippen LogP contribution in [-0.2, 0) is 24.2 Å². The summed E-state index contributed by atoms with van der Waals surface area (Å²) in [5, 5.41) is 0.787. The van der Waals surface area contributed by atoms with E-state index in [4.69, 9.17) is 4.98 Å². The number of rotatable bonds is 5. The zero-order valence-electron chi connectivity index (χ0n) is 19.0. The maximum atomic E-state index is 13.5. The second-order valence-electron chi connectivity index (χ2n) is 8.79. The fourth-order valence-electron chi connectivity index (χ4n) is 4.76. The zero-order valence-corrected chi connectivity index (χ0v) is 20.6. The van der Waals surface area contributed by atoms with Crippen molar-refractivity contribution in [3.63, 3.8) is 0 Å². The van der Waals surface area contributed by atoms with Crippen molar-refractivity contribution in [1.29, 1.82) is 0 Å². The van der Waals surface area contributed by atoms with Crippen molar-refractivity contribution in [3.05, 3.63) is 56.4 Å². The van der Waals surface area contributed by atoms with Crippen LogP contribution in [0.25, 0.3) is 10.2 Å². The number of aromatic nitrogens is 2. The van der Waals surface area contributed by atoms with E-state index >= 15 is 0 Å². The van der Waals surface area contributed by atoms with Crippen LogP contribution in [0.2, 0.25) is 0 Å². The highest BCUT2D eigenvalue weighted by atomic mass is 32.2. The van der Waals surface area contributed by atoms with Crippen LogP contribution in [0, 0.1) is 5.82 Å². The smallest absolute Gasteiger partial charge is 0.263 e. The molecular weight excluding hydrogens is 473 g/mol. The zero-order chi connectivity index (χ0) is 23.8. The summed E-state index contributed by atoms with van der Waals surface area (Å²) in [4.78, 5) is 48.1. The van der Waals surface area contributed by atoms with E-state index in [2.05, 4.69) is 0 Å². The standard InChI is InChI=1S/C25H26FN3O3S2/c1-2-13-29-24(32)20-17-6-5-8-18(17)33-21(20)27-25(29)34-19-7-3-4-14-28(23(19)31)22(30)15-9-11-16(26)12-10-15/h9-12,19H,2-8,13-14H2,1H3. The Morgan fingerprint density at radius 1 is 1.18 bits per heavy atom. The number of nitrogens with zero attached hydrogens (tertiary/aromatic N) is 3. The van der Waals surface area contributed by atoms with Gasteiger partial charge in [-0.15, -0.1) is 11.3 Å². The molecule has 2 aliphatic rings. The predicted octanol–water partition coefficient (Wildman–Crippen LogP) is 4.81. The van der Waals surface area contributed by atoms with E-state index in [1.54, 1.807) is 15.9 Å². The third-order valence-electron chi connectivity index (χ3n) is 6.46. The van der Waals surface area contributed by atoms with Gasteiger partial charge in [-0.25, -0.2) is 9.37 Å². The van der Waals surface area contributed by atoms with Crippen molar-refractivity contribution in [2.24, 2.45) is 0 Å². The molecule has 1 atom stereocenters. The fourth-order valence-corrected chi connectivity index (χ4v) is 7.28. The van der Waals surface area contributed by atoms with Crippen LogP contribution >= 0.6 is 23.1 Å². The van der Waals surface area contributed by atoms with Crippen LogP contribution in [-0.4, -0.2) is 38.1 Å². The van der Waals surface area contributed by atoms with E-state index in [9.17, 15) is 18.8 Å². The molecule has 1 aliphatic heterocycles. The number of carbonyl (C=O) groups is 2. The molecule has 1 unspecified atom stereocenters. The molecular formula is C25H26FN3O3S2. The van der Waals surface area contributed by atoms with E-state index in [1.165, 1.54) is 45.8 Å². The molecule has 34 heavy (non-hydrogen) atoms. The van der Waals surface area contributed by atoms with Gasteiger partial charge in [-0.3, -0.25) is 23.9 Å². The maximum Gasteiger partial charge on any atom is 0.263 e. The second-order valence-corrected chi connectivity index (χ2v) is 11.0. The van der Waals surface area contributed by atoms with Gasteiger partial charge in [-0.05, 0) is 68.4 Å². The molecule has 0 radical (unpaired) electrons. The second kappa shape index (κ2) is 9.62. The molecule has 3 aromatic rings. The van der Waals surface area contributed by atoms with Crippen LogP contribution in [0.15, 0.2) is 34.2 Å². The van der Waals surface area contributed by atoms with E-state index in [1.807, 2.05) is 6.92 Å². The van der Waals surface area contributed by atoms with Gasteiger partial charge in [0.25, 0.3) is 11.5 Å². The number of likely N-dealkylation sites (tertiary alicyclic amines) is 1. The maximum absolute atomic E-state index is 13.5. The summed E-state index contributed by atoms with van der Waals surface area (Å²) in [5.74, 6) is -1.12. The Morgan fingerprint density at radius 2 is 1.97 bits per heavy atom. The average molecular weight is 500 g/mol. The molecule has 1 aliphatic carbocycles. The molecule has 0 bridgehead atoms. The van der Waals surface area contributed by atoms with E-state index < -0.39 is 17.0 Å². The minimum atomic E-state index is -0.508. The Morgan fingerprint density at radius 3 is 2.74 bits per heavy atom. The summed E-state index contributed by atoms with van der Waals surface area (Å²) >= 11 is 2.89. The number of benzene rings is 1. The number of thiophene rings is 1. The lowest BCUT2D eigenvalue weighted by Gasteiger charge is -2.23. The van der Waals surface area contributed by atoms with Crippen LogP contribution in [0.1, 0.15) is 59.8 Å². The summed E-state index contributed by atoms with van der Waals surface area (Å²) in [6.07, 6.45) is 5.89. The van der Waals surface area contributed by atoms with Gasteiger partial charge in [0.15, 0.2) is 5.16 Å². The first-order valence-electron chi connectivity index (χ1n) is 11.8. The Kier molecular flexibility index (Phi) is 6.57. The number of hydrogen-bond donors (Lipinski definition) is 0. The molecule has 0 spiro atoms. The summed E-state index contributed by atoms with van der Waals surface area (Å²) < 4.78 is 15.0. The van der Waals surface area contributed by atoms with Gasteiger partial charge in [0.2, 0.25) is 5.91 Å². The first-order chi connectivity index (χ1) is 16.5. The minimum Gasteiger partial charge on any atom is -0.287 e. The first-order valence-corrected chi connectivity index (χ1v) is 13.5. The molecule has 9 heteroatoms. The van der Waals surface area contributed by atoms with Gasteiger partial charge in [0.05, 0.1) is 10.6 Å². The van der Waals surface area contributed by atoms with Crippen molar-refractivity contribution in [3.8, 4) is 0 Å². The highest BCUT2D eigenvalue weighted by Gasteiger charge is 2.34. The van der Waals surface area contributed by atoms with Gasteiger partial charge < -0.3 is 0 Å². The Bertz CT molecular complexity index is 1320. The van der Waals surface area contributed by atoms with Gasteiger partial charge in [-0.2, -0.15) is 0 Å². The van der Waals surface area contributed by atoms with E-state index in [0.29, 0.717) is 31.1 Å². The number of imide groups is 1. The van der Waals surface area contributed by atoms with Crippen molar-refractivity contribution in [2.75, 3.05) is 6.54 Å². The number of fused-ring (bicyclic) bond motifs is 3. The number of thioether (sulfide) groups is 1. The molecule has 1 saturated heterocycles. The van der Waals surface area contributed by atoms with Crippen molar-refractivity contribution < 1.29 is 14.0 Å². The number of aryl methyl sites for hydroxylation is 2. The number of amides is 2. The fraction of sp³-hybridized carbons (Fsp3) is 0.440. The Labute approximate surface area is 205 Å². The highest BCUT2D eigenvalue weighted by Crippen LogP contribution is 2.37. The SMILES string of the molecule is CCCn1c(SC2CCCCN(C(=O)c3ccc(F)cc3)C2=O)nc2sc3c(c2c1=O)CCC3. The molecule has 2 aromatic heterocycles. The number of halogens is 1. The molecule has 0 saturated carbocycles. The lowest BCUT2D eigenvalue weighted by molar-refractivity contribution is -0.127. The molecule has 1 fully saturated rings. The first kappa shape index (κ1) is 23.2. The lowest BCUT2D eigenvalue weighted by Crippen LogP contribution is -2.41. The van der Waals surface area contributed by atoms with Crippen LogP contribution in [0.4, 0.5) is 4.39 Å². The Balaban J connectivity index is 1.48. The van der Waals surface area contributed by atoms with Crippen molar-refractivity contribution >= 4 is 45.1 Å². The average Bonchev–Trinajstić information content (AvgIpc) is 3.36. The van der Waals surface area contributed by atoms with Gasteiger partial charge in [0, 0.05) is 23.5 Å². The lowest BCUT2D eigenvalue weighted by atomic mass is 10.2. The highest BCUT2D eigenvalue weighted by molar-refractivity contribution is 8.00. The number of carbonyl (C=O) groups excluding carboxylic acids is 2. The predicted molar refractivity (Wildman–Crippen MR) is 132 cm³/mol. The largest absolute Gasteiger partial charge is 0.287 e. The number of hydrogen-bond acceptors (Lipinski definition) is 6. The van der Waals surface area contributed by atoms with Crippen LogP contribution in [0.3, 0.4) is 0 Å². The molecule has 0 N–H and O–H groups in total. The normalized spacial score (nSPS) is 18.4. The Hall–Kier alpha value is -2.52. The van der Waals surface area contributed by atoms with Crippen molar-refractivity contribution in [2.45, 2.75) is 68.8 Å². The third kappa shape index (κ3) is 4.20. The molecule has 178 valence electrons. The quantitative estimate of drug-likeness (QED) is 0.372. The van der Waals surface area contributed by atoms with E-state index in [0.717, 1.165) is 47.9 Å². The molecule has 1 aromatic carbocycles. The topological polar surface area (TPSA) is 72.3 Å². The van der Waals surface area contributed by atoms with E-state index in [-0.39, 0.29) is 17.0 Å². The van der Waals surface area contributed by atoms with Gasteiger partial charge in [0.1, 0.15) is 10.6 Å². The summed E-state index contributed by atoms with van der Waals surface area (Å²) in [5.41, 5.74) is 1.42. The monoisotopic (exact) mass is 499 g/mol. The molecule has 6 nitrogen and oxygen atoms in total. The minimum absolute atomic E-state index is 0.0194. The van der Waals surface area contributed by atoms with Crippen LogP contribution in [0.5, 0.6) is 0 Å². The van der Waals surface area contributed by atoms with Gasteiger partial charge in [-0.1, -0.05) is 25.1 Å². The third-order valence-corrected chi connectivity index (χ3v) is 8.89. The molecule has 3 heterocycles.